The SMILES string of the molecule is CCCCCCOc1ccc(B(O)O)cc1C. The molecule has 0 saturated carbocycles. The van der Waals surface area contributed by atoms with Crippen molar-refractivity contribution in [3.63, 3.8) is 0 Å². The van der Waals surface area contributed by atoms with E-state index in [1.807, 2.05) is 6.92 Å². The van der Waals surface area contributed by atoms with Crippen molar-refractivity contribution in [1.29, 1.82) is 0 Å². The molecule has 0 aliphatic heterocycles. The number of benzene rings is 1. The van der Waals surface area contributed by atoms with Crippen LogP contribution in [0.1, 0.15) is 38.2 Å². The van der Waals surface area contributed by atoms with Crippen LogP contribution in [0.3, 0.4) is 0 Å². The molecule has 0 atom stereocenters. The Morgan fingerprint density at radius 3 is 2.53 bits per heavy atom. The third-order valence-corrected chi connectivity index (χ3v) is 2.75. The fourth-order valence-electron chi connectivity index (χ4n) is 1.71. The summed E-state index contributed by atoms with van der Waals surface area (Å²) in [5, 5.41) is 18.1. The smallest absolute Gasteiger partial charge is 0.488 e. The molecule has 0 heterocycles. The van der Waals surface area contributed by atoms with Gasteiger partial charge in [0.05, 0.1) is 6.61 Å². The van der Waals surface area contributed by atoms with E-state index < -0.39 is 7.12 Å². The van der Waals surface area contributed by atoms with Crippen LogP contribution in [-0.2, 0) is 0 Å². The van der Waals surface area contributed by atoms with Gasteiger partial charge in [0.1, 0.15) is 5.75 Å². The number of hydrogen-bond acceptors (Lipinski definition) is 3. The van der Waals surface area contributed by atoms with Crippen LogP contribution >= 0.6 is 0 Å². The summed E-state index contributed by atoms with van der Waals surface area (Å²) < 4.78 is 5.65. The van der Waals surface area contributed by atoms with Gasteiger partial charge in [-0.3, -0.25) is 0 Å². The average molecular weight is 236 g/mol. The third-order valence-electron chi connectivity index (χ3n) is 2.75. The first-order valence-corrected chi connectivity index (χ1v) is 6.24. The van der Waals surface area contributed by atoms with Gasteiger partial charge < -0.3 is 14.8 Å². The van der Waals surface area contributed by atoms with Crippen molar-refractivity contribution in [2.75, 3.05) is 6.61 Å². The quantitative estimate of drug-likeness (QED) is 0.558. The summed E-state index contributed by atoms with van der Waals surface area (Å²) >= 11 is 0. The lowest BCUT2D eigenvalue weighted by Gasteiger charge is -2.10. The molecule has 0 amide bonds. The van der Waals surface area contributed by atoms with Gasteiger partial charge in [-0.15, -0.1) is 0 Å². The Hall–Kier alpha value is -0.995. The molecule has 0 fully saturated rings. The van der Waals surface area contributed by atoms with E-state index in [0.29, 0.717) is 5.46 Å². The van der Waals surface area contributed by atoms with E-state index in [1.54, 1.807) is 18.2 Å². The van der Waals surface area contributed by atoms with Gasteiger partial charge in [-0.25, -0.2) is 0 Å². The number of rotatable bonds is 7. The summed E-state index contributed by atoms with van der Waals surface area (Å²) in [5.41, 5.74) is 1.44. The van der Waals surface area contributed by atoms with Gasteiger partial charge in [0.25, 0.3) is 0 Å². The Morgan fingerprint density at radius 1 is 1.18 bits per heavy atom. The van der Waals surface area contributed by atoms with Gasteiger partial charge in [-0.2, -0.15) is 0 Å². The minimum Gasteiger partial charge on any atom is -0.493 e. The minimum atomic E-state index is -1.41. The van der Waals surface area contributed by atoms with E-state index >= 15 is 0 Å². The molecule has 94 valence electrons. The Labute approximate surface area is 104 Å². The Kier molecular flexibility index (Phi) is 6.09. The van der Waals surface area contributed by atoms with Gasteiger partial charge in [-0.05, 0) is 30.4 Å². The summed E-state index contributed by atoms with van der Waals surface area (Å²) in [7, 11) is -1.41. The second-order valence-electron chi connectivity index (χ2n) is 4.31. The zero-order chi connectivity index (χ0) is 12.7. The van der Waals surface area contributed by atoms with E-state index in [9.17, 15) is 0 Å². The van der Waals surface area contributed by atoms with Gasteiger partial charge in [0.15, 0.2) is 0 Å². The standard InChI is InChI=1S/C13H21BO3/c1-3-4-5-6-9-17-13-8-7-12(14(15)16)10-11(13)2/h7-8,10,15-16H,3-6,9H2,1-2H3. The zero-order valence-corrected chi connectivity index (χ0v) is 10.6. The molecule has 1 aromatic rings. The first kappa shape index (κ1) is 14.1. The maximum atomic E-state index is 9.03. The highest BCUT2D eigenvalue weighted by Crippen LogP contribution is 2.16. The Balaban J connectivity index is 2.43. The van der Waals surface area contributed by atoms with Crippen LogP contribution in [0.5, 0.6) is 5.75 Å². The van der Waals surface area contributed by atoms with Crippen molar-refractivity contribution >= 4 is 12.6 Å². The van der Waals surface area contributed by atoms with Gasteiger partial charge in [0, 0.05) is 0 Å². The normalized spacial score (nSPS) is 10.4. The van der Waals surface area contributed by atoms with Crippen LogP contribution in [0, 0.1) is 6.92 Å². The van der Waals surface area contributed by atoms with Crippen LogP contribution in [-0.4, -0.2) is 23.8 Å². The van der Waals surface area contributed by atoms with Crippen LogP contribution in [0.4, 0.5) is 0 Å². The highest BCUT2D eigenvalue weighted by Gasteiger charge is 2.12. The van der Waals surface area contributed by atoms with Crippen LogP contribution in [0.25, 0.3) is 0 Å². The predicted molar refractivity (Wildman–Crippen MR) is 70.6 cm³/mol. The largest absolute Gasteiger partial charge is 0.493 e. The van der Waals surface area contributed by atoms with Crippen LogP contribution in [0.2, 0.25) is 0 Å². The number of hydrogen-bond donors (Lipinski definition) is 2. The van der Waals surface area contributed by atoms with E-state index in [2.05, 4.69) is 6.92 Å². The molecular weight excluding hydrogens is 215 g/mol. The van der Waals surface area contributed by atoms with Gasteiger partial charge in [-0.1, -0.05) is 38.3 Å². The molecule has 0 aliphatic carbocycles. The van der Waals surface area contributed by atoms with Gasteiger partial charge >= 0.3 is 7.12 Å². The lowest BCUT2D eigenvalue weighted by atomic mass is 9.79. The maximum absolute atomic E-state index is 9.03. The van der Waals surface area contributed by atoms with E-state index in [-0.39, 0.29) is 0 Å². The molecule has 2 N–H and O–H groups in total. The highest BCUT2D eigenvalue weighted by atomic mass is 16.5. The fraction of sp³-hybridized carbons (Fsp3) is 0.538. The molecule has 0 bridgehead atoms. The molecule has 17 heavy (non-hydrogen) atoms. The molecule has 0 spiro atoms. The molecule has 0 aromatic heterocycles. The predicted octanol–water partition coefficient (Wildman–Crippen LogP) is 1.63. The molecule has 1 aromatic carbocycles. The lowest BCUT2D eigenvalue weighted by molar-refractivity contribution is 0.303. The highest BCUT2D eigenvalue weighted by molar-refractivity contribution is 6.58. The maximum Gasteiger partial charge on any atom is 0.488 e. The number of unbranched alkanes of at least 4 members (excludes halogenated alkanes) is 3. The summed E-state index contributed by atoms with van der Waals surface area (Å²) in [6.07, 6.45) is 4.74. The molecule has 4 heteroatoms. The number of aryl methyl sites for hydroxylation is 1. The second-order valence-corrected chi connectivity index (χ2v) is 4.31. The molecular formula is C13H21BO3. The molecule has 0 saturated heterocycles. The monoisotopic (exact) mass is 236 g/mol. The second kappa shape index (κ2) is 7.35. The van der Waals surface area contributed by atoms with E-state index in [0.717, 1.165) is 24.3 Å². The first-order chi connectivity index (χ1) is 8.15. The van der Waals surface area contributed by atoms with Crippen molar-refractivity contribution in [2.24, 2.45) is 0 Å². The lowest BCUT2D eigenvalue weighted by Crippen LogP contribution is -2.29. The van der Waals surface area contributed by atoms with Crippen molar-refractivity contribution in [2.45, 2.75) is 39.5 Å². The summed E-state index contributed by atoms with van der Waals surface area (Å²) in [4.78, 5) is 0. The Bertz CT molecular complexity index is 339. The van der Waals surface area contributed by atoms with Crippen LogP contribution < -0.4 is 10.2 Å². The summed E-state index contributed by atoms with van der Waals surface area (Å²) in [6, 6.07) is 5.22. The van der Waals surface area contributed by atoms with Gasteiger partial charge in [0.2, 0.25) is 0 Å². The van der Waals surface area contributed by atoms with E-state index in [4.69, 9.17) is 14.8 Å². The summed E-state index contributed by atoms with van der Waals surface area (Å²) in [5.74, 6) is 0.825. The van der Waals surface area contributed by atoms with Crippen LogP contribution in [0.15, 0.2) is 18.2 Å². The average Bonchev–Trinajstić information content (AvgIpc) is 2.30. The van der Waals surface area contributed by atoms with Crippen molar-refractivity contribution in [3.8, 4) is 5.75 Å². The molecule has 0 unspecified atom stereocenters. The van der Waals surface area contributed by atoms with Crippen molar-refractivity contribution in [3.05, 3.63) is 23.8 Å². The van der Waals surface area contributed by atoms with Crippen molar-refractivity contribution in [1.82, 2.24) is 0 Å². The third kappa shape index (κ3) is 4.80. The fourth-order valence-corrected chi connectivity index (χ4v) is 1.71. The summed E-state index contributed by atoms with van der Waals surface area (Å²) in [6.45, 7) is 4.82. The first-order valence-electron chi connectivity index (χ1n) is 6.24. The molecule has 0 radical (unpaired) electrons. The molecule has 1 rings (SSSR count). The van der Waals surface area contributed by atoms with Crippen molar-refractivity contribution < 1.29 is 14.8 Å². The molecule has 0 aliphatic rings. The van der Waals surface area contributed by atoms with E-state index in [1.165, 1.54) is 19.3 Å². The number of ether oxygens (including phenoxy) is 1. The zero-order valence-electron chi connectivity index (χ0n) is 10.6. The topological polar surface area (TPSA) is 49.7 Å². The minimum absolute atomic E-state index is 0.501. The molecule has 3 nitrogen and oxygen atoms in total. The Morgan fingerprint density at radius 2 is 1.94 bits per heavy atom.